The molecule has 1 aliphatic heterocycles. The first-order valence-electron chi connectivity index (χ1n) is 5.64. The molecular formula is C12H10F3NO3S. The molecule has 1 heterocycles. The molecule has 1 aromatic carbocycles. The molecule has 0 aromatic heterocycles. The smallest absolute Gasteiger partial charge is 0.327 e. The molecule has 1 fully saturated rings. The number of carbonyl (C=O) groups is 2. The molecule has 2 unspecified atom stereocenters. The summed E-state index contributed by atoms with van der Waals surface area (Å²) in [5.74, 6) is -6.05. The van der Waals surface area contributed by atoms with E-state index >= 15 is 0 Å². The highest BCUT2D eigenvalue weighted by atomic mass is 32.2. The molecule has 0 saturated carbocycles. The Morgan fingerprint density at radius 2 is 1.85 bits per heavy atom. The van der Waals surface area contributed by atoms with Crippen molar-refractivity contribution in [3.63, 3.8) is 0 Å². The molecule has 1 N–H and O–H groups in total. The molecule has 0 radical (unpaired) electrons. The number of rotatable bonds is 2. The van der Waals surface area contributed by atoms with Crippen LogP contribution in [0.2, 0.25) is 0 Å². The van der Waals surface area contributed by atoms with Gasteiger partial charge in [-0.15, -0.1) is 11.8 Å². The fourth-order valence-electron chi connectivity index (χ4n) is 2.02. The molecule has 0 spiro atoms. The molecular weight excluding hydrogens is 295 g/mol. The predicted octanol–water partition coefficient (Wildman–Crippen LogP) is 2.09. The molecule has 1 amide bonds. The zero-order chi connectivity index (χ0) is 15.0. The summed E-state index contributed by atoms with van der Waals surface area (Å²) in [7, 11) is 0. The van der Waals surface area contributed by atoms with Crippen molar-refractivity contribution in [2.75, 3.05) is 5.75 Å². The average Bonchev–Trinajstić information content (AvgIpc) is 2.69. The third kappa shape index (κ3) is 2.47. The number of hydrogen-bond acceptors (Lipinski definition) is 3. The number of carboxylic acid groups (broad SMARTS) is 1. The lowest BCUT2D eigenvalue weighted by Crippen LogP contribution is -2.45. The van der Waals surface area contributed by atoms with Crippen LogP contribution in [0.15, 0.2) is 12.1 Å². The molecule has 2 atom stereocenters. The van der Waals surface area contributed by atoms with Crippen LogP contribution in [0.25, 0.3) is 0 Å². The van der Waals surface area contributed by atoms with Crippen molar-refractivity contribution in [1.29, 1.82) is 0 Å². The van der Waals surface area contributed by atoms with Crippen LogP contribution in [0, 0.1) is 17.5 Å². The summed E-state index contributed by atoms with van der Waals surface area (Å²) in [5, 5.41) is 8.49. The Labute approximate surface area is 116 Å². The Balaban J connectivity index is 2.43. The lowest BCUT2D eigenvalue weighted by molar-refractivity contribution is -0.141. The maximum absolute atomic E-state index is 13.6. The van der Waals surface area contributed by atoms with Crippen LogP contribution in [0.4, 0.5) is 13.2 Å². The number of aliphatic carboxylic acids is 1. The van der Waals surface area contributed by atoms with E-state index in [1.54, 1.807) is 6.92 Å². The molecule has 1 aliphatic rings. The lowest BCUT2D eigenvalue weighted by Gasteiger charge is -2.25. The number of carbonyl (C=O) groups excluding carboxylic acids is 1. The van der Waals surface area contributed by atoms with E-state index in [2.05, 4.69) is 0 Å². The van der Waals surface area contributed by atoms with Gasteiger partial charge in [0, 0.05) is 17.9 Å². The van der Waals surface area contributed by atoms with E-state index in [0.717, 1.165) is 4.90 Å². The summed E-state index contributed by atoms with van der Waals surface area (Å²) < 4.78 is 40.0. The number of halogens is 3. The molecule has 0 bridgehead atoms. The van der Waals surface area contributed by atoms with Gasteiger partial charge in [-0.2, -0.15) is 0 Å². The van der Waals surface area contributed by atoms with Gasteiger partial charge in [-0.25, -0.2) is 18.0 Å². The topological polar surface area (TPSA) is 57.6 Å². The van der Waals surface area contributed by atoms with Gasteiger partial charge in [0.1, 0.15) is 29.1 Å². The molecule has 1 saturated heterocycles. The van der Waals surface area contributed by atoms with E-state index in [1.165, 1.54) is 11.8 Å². The van der Waals surface area contributed by atoms with Crippen LogP contribution in [-0.4, -0.2) is 39.1 Å². The summed E-state index contributed by atoms with van der Waals surface area (Å²) >= 11 is 1.18. The molecule has 1 aromatic rings. The third-order valence-corrected chi connectivity index (χ3v) is 4.18. The van der Waals surface area contributed by atoms with Crippen molar-refractivity contribution >= 4 is 23.6 Å². The lowest BCUT2D eigenvalue weighted by atomic mass is 10.1. The van der Waals surface area contributed by atoms with Crippen molar-refractivity contribution < 1.29 is 27.9 Å². The number of thioether (sulfide) groups is 1. The maximum Gasteiger partial charge on any atom is 0.327 e. The van der Waals surface area contributed by atoms with Gasteiger partial charge in [0.25, 0.3) is 5.91 Å². The first-order valence-corrected chi connectivity index (χ1v) is 6.69. The number of hydrogen-bond donors (Lipinski definition) is 1. The molecule has 4 nitrogen and oxygen atoms in total. The number of nitrogens with zero attached hydrogens (tertiary/aromatic N) is 1. The van der Waals surface area contributed by atoms with Gasteiger partial charge >= 0.3 is 5.97 Å². The molecule has 8 heteroatoms. The third-order valence-electron chi connectivity index (χ3n) is 2.96. The Morgan fingerprint density at radius 3 is 2.35 bits per heavy atom. The van der Waals surface area contributed by atoms with Crippen molar-refractivity contribution in [3.05, 3.63) is 35.1 Å². The Morgan fingerprint density at radius 1 is 1.30 bits per heavy atom. The van der Waals surface area contributed by atoms with E-state index in [4.69, 9.17) is 5.11 Å². The van der Waals surface area contributed by atoms with Crippen molar-refractivity contribution in [3.8, 4) is 0 Å². The molecule has 108 valence electrons. The molecule has 0 aliphatic carbocycles. The standard InChI is InChI=1S/C12H10F3NO3S/c1-5-16(9(4-20-5)12(18)19)11(17)10-7(14)2-6(13)3-8(10)15/h2-3,5,9H,4H2,1H3,(H,18,19). The van der Waals surface area contributed by atoms with Gasteiger partial charge in [0.05, 0.1) is 5.37 Å². The number of amides is 1. The van der Waals surface area contributed by atoms with E-state index in [0.29, 0.717) is 12.1 Å². The fourth-order valence-corrected chi connectivity index (χ4v) is 3.18. The van der Waals surface area contributed by atoms with Crippen molar-refractivity contribution in [2.45, 2.75) is 18.3 Å². The van der Waals surface area contributed by atoms with Crippen LogP contribution in [0.3, 0.4) is 0 Å². The molecule has 2 rings (SSSR count). The van der Waals surface area contributed by atoms with E-state index in [-0.39, 0.29) is 5.75 Å². The van der Waals surface area contributed by atoms with E-state index < -0.39 is 46.3 Å². The van der Waals surface area contributed by atoms with Crippen molar-refractivity contribution in [1.82, 2.24) is 4.90 Å². The van der Waals surface area contributed by atoms with Crippen LogP contribution < -0.4 is 0 Å². The highest BCUT2D eigenvalue weighted by Crippen LogP contribution is 2.31. The van der Waals surface area contributed by atoms with Gasteiger partial charge in [0.2, 0.25) is 0 Å². The zero-order valence-electron chi connectivity index (χ0n) is 10.3. The second-order valence-electron chi connectivity index (χ2n) is 4.24. The predicted molar refractivity (Wildman–Crippen MR) is 65.8 cm³/mol. The van der Waals surface area contributed by atoms with Gasteiger partial charge in [-0.3, -0.25) is 4.79 Å². The largest absolute Gasteiger partial charge is 0.480 e. The fraction of sp³-hybridized carbons (Fsp3) is 0.333. The first-order chi connectivity index (χ1) is 9.32. The van der Waals surface area contributed by atoms with Crippen LogP contribution >= 0.6 is 11.8 Å². The normalized spacial score (nSPS) is 22.1. The van der Waals surface area contributed by atoms with Crippen LogP contribution in [0.1, 0.15) is 17.3 Å². The van der Waals surface area contributed by atoms with Crippen LogP contribution in [0.5, 0.6) is 0 Å². The second kappa shape index (κ2) is 5.35. The number of carboxylic acids is 1. The Bertz CT molecular complexity index is 558. The SMILES string of the molecule is CC1SCC(C(=O)O)N1C(=O)c1c(F)cc(F)cc1F. The quantitative estimate of drug-likeness (QED) is 0.909. The maximum atomic E-state index is 13.6. The summed E-state index contributed by atoms with van der Waals surface area (Å²) in [5.41, 5.74) is -0.938. The number of benzene rings is 1. The highest BCUT2D eigenvalue weighted by Gasteiger charge is 2.41. The van der Waals surface area contributed by atoms with Gasteiger partial charge in [-0.05, 0) is 6.92 Å². The van der Waals surface area contributed by atoms with Gasteiger partial charge in [0.15, 0.2) is 0 Å². The summed E-state index contributed by atoms with van der Waals surface area (Å²) in [6, 6.07) is -0.383. The van der Waals surface area contributed by atoms with E-state index in [1.807, 2.05) is 0 Å². The van der Waals surface area contributed by atoms with Crippen molar-refractivity contribution in [2.24, 2.45) is 0 Å². The monoisotopic (exact) mass is 305 g/mol. The average molecular weight is 305 g/mol. The second-order valence-corrected chi connectivity index (χ2v) is 5.59. The molecule has 20 heavy (non-hydrogen) atoms. The zero-order valence-corrected chi connectivity index (χ0v) is 11.1. The van der Waals surface area contributed by atoms with E-state index in [9.17, 15) is 22.8 Å². The summed E-state index contributed by atoms with van der Waals surface area (Å²) in [6.45, 7) is 1.56. The van der Waals surface area contributed by atoms with Gasteiger partial charge < -0.3 is 10.0 Å². The minimum atomic E-state index is -1.35. The summed E-state index contributed by atoms with van der Waals surface area (Å²) in [4.78, 5) is 24.1. The van der Waals surface area contributed by atoms with Gasteiger partial charge in [-0.1, -0.05) is 0 Å². The summed E-state index contributed by atoms with van der Waals surface area (Å²) in [6.07, 6.45) is 0. The Hall–Kier alpha value is -1.70. The van der Waals surface area contributed by atoms with Crippen LogP contribution in [-0.2, 0) is 4.79 Å². The first kappa shape index (κ1) is 14.7. The minimum absolute atomic E-state index is 0.132. The Kier molecular flexibility index (Phi) is 3.94. The minimum Gasteiger partial charge on any atom is -0.480 e. The highest BCUT2D eigenvalue weighted by molar-refractivity contribution is 8.00.